The first-order valence-electron chi connectivity index (χ1n) is 12.9. The molecule has 2 heteroatoms. The van der Waals surface area contributed by atoms with Gasteiger partial charge in [0.15, 0.2) is 0 Å². The molecule has 0 amide bonds. The molecule has 0 aliphatic carbocycles. The van der Waals surface area contributed by atoms with E-state index in [1.807, 2.05) is 0 Å². The molecule has 0 bridgehead atoms. The van der Waals surface area contributed by atoms with Crippen molar-refractivity contribution in [3.05, 3.63) is 0 Å². The van der Waals surface area contributed by atoms with Gasteiger partial charge in [-0.3, -0.25) is 0 Å². The highest BCUT2D eigenvalue weighted by atomic mass is 19.0. The number of nitrogens with zero attached hydrogens (tertiary/aromatic N) is 1. The average Bonchev–Trinajstić information content (AvgIpc) is 2.64. The van der Waals surface area contributed by atoms with Crippen LogP contribution >= 0.6 is 0 Å². The van der Waals surface area contributed by atoms with E-state index >= 15 is 0 Å². The maximum atomic E-state index is 2.45. The standard InChI is InChI=1S/C26H56N.FH/c1-5-7-9-11-13-15-17-19-21-23-25-27(3,4)26-24-22-20-18-16-14-12-10-8-6-2;/h5-26H2,1-4H3;1H/q+1;/p-1. The van der Waals surface area contributed by atoms with Crippen LogP contribution in [0.2, 0.25) is 0 Å². The van der Waals surface area contributed by atoms with Crippen molar-refractivity contribution < 1.29 is 9.19 Å². The monoisotopic (exact) mass is 401 g/mol. The predicted octanol–water partition coefficient (Wildman–Crippen LogP) is 5.91. The van der Waals surface area contributed by atoms with Gasteiger partial charge in [0.2, 0.25) is 0 Å². The minimum Gasteiger partial charge on any atom is -1.00 e. The van der Waals surface area contributed by atoms with Gasteiger partial charge >= 0.3 is 0 Å². The third-order valence-electron chi connectivity index (χ3n) is 6.23. The minimum absolute atomic E-state index is 0. The summed E-state index contributed by atoms with van der Waals surface area (Å²) >= 11 is 0. The zero-order valence-corrected chi connectivity index (χ0v) is 20.4. The van der Waals surface area contributed by atoms with E-state index in [4.69, 9.17) is 0 Å². The SMILES string of the molecule is CCCCCCCCCCCC[N+](C)(C)CCCCCCCCCCCC.[F-]. The molecule has 0 aromatic carbocycles. The summed E-state index contributed by atoms with van der Waals surface area (Å²) in [4.78, 5) is 0. The molecule has 0 radical (unpaired) electrons. The fraction of sp³-hybridized carbons (Fsp3) is 1.00. The largest absolute Gasteiger partial charge is 1.00 e. The lowest BCUT2D eigenvalue weighted by Gasteiger charge is -2.30. The number of hydrogen-bond donors (Lipinski definition) is 0. The molecule has 0 aliphatic rings. The van der Waals surface area contributed by atoms with E-state index in [-0.39, 0.29) is 4.70 Å². The van der Waals surface area contributed by atoms with Crippen molar-refractivity contribution in [3.8, 4) is 0 Å². The van der Waals surface area contributed by atoms with Gasteiger partial charge in [-0.25, -0.2) is 0 Å². The van der Waals surface area contributed by atoms with Crippen LogP contribution in [0.5, 0.6) is 0 Å². The molecule has 0 atom stereocenters. The summed E-state index contributed by atoms with van der Waals surface area (Å²) in [6.07, 6.45) is 29.0. The topological polar surface area (TPSA) is 0 Å². The molecule has 0 N–H and O–H groups in total. The molecule has 0 aromatic heterocycles. The van der Waals surface area contributed by atoms with Crippen molar-refractivity contribution in [3.63, 3.8) is 0 Å². The molecule has 0 rings (SSSR count). The summed E-state index contributed by atoms with van der Waals surface area (Å²) in [6.45, 7) is 7.37. The quantitative estimate of drug-likeness (QED) is 0.156. The maximum absolute atomic E-state index is 2.45. The van der Waals surface area contributed by atoms with Gasteiger partial charge in [0.25, 0.3) is 0 Å². The van der Waals surface area contributed by atoms with Crippen LogP contribution in [-0.4, -0.2) is 31.7 Å². The van der Waals surface area contributed by atoms with Gasteiger partial charge < -0.3 is 9.19 Å². The van der Waals surface area contributed by atoms with Gasteiger partial charge in [0.05, 0.1) is 27.2 Å². The Hall–Kier alpha value is -0.110. The highest BCUT2D eigenvalue weighted by molar-refractivity contribution is 4.50. The van der Waals surface area contributed by atoms with Gasteiger partial charge in [-0.05, 0) is 25.7 Å². The van der Waals surface area contributed by atoms with Crippen LogP contribution in [0, 0.1) is 0 Å². The molecule has 0 spiro atoms. The number of hydrogen-bond acceptors (Lipinski definition) is 0. The van der Waals surface area contributed by atoms with Crippen LogP contribution in [-0.2, 0) is 0 Å². The molecular weight excluding hydrogens is 345 g/mol. The second-order valence-electron chi connectivity index (χ2n) is 9.75. The van der Waals surface area contributed by atoms with Crippen LogP contribution in [0.25, 0.3) is 0 Å². The van der Waals surface area contributed by atoms with Crippen molar-refractivity contribution >= 4 is 0 Å². The molecule has 1 nitrogen and oxygen atoms in total. The van der Waals surface area contributed by atoms with Gasteiger partial charge in [-0.2, -0.15) is 0 Å². The Balaban J connectivity index is 0. The van der Waals surface area contributed by atoms with Gasteiger partial charge in [0, 0.05) is 0 Å². The summed E-state index contributed by atoms with van der Waals surface area (Å²) in [6, 6.07) is 0. The normalized spacial score (nSPS) is 11.6. The van der Waals surface area contributed by atoms with E-state index in [0.29, 0.717) is 0 Å². The zero-order chi connectivity index (χ0) is 20.1. The van der Waals surface area contributed by atoms with Gasteiger partial charge in [-0.15, -0.1) is 0 Å². The highest BCUT2D eigenvalue weighted by Gasteiger charge is 2.13. The Morgan fingerprint density at radius 1 is 0.357 bits per heavy atom. The smallest absolute Gasteiger partial charge is 0.0782 e. The van der Waals surface area contributed by atoms with Gasteiger partial charge in [-0.1, -0.05) is 117 Å². The molecule has 28 heavy (non-hydrogen) atoms. The van der Waals surface area contributed by atoms with Crippen LogP contribution in [0.4, 0.5) is 0 Å². The van der Waals surface area contributed by atoms with Crippen molar-refractivity contribution in [2.45, 2.75) is 142 Å². The summed E-state index contributed by atoms with van der Waals surface area (Å²) in [5.41, 5.74) is 0. The summed E-state index contributed by atoms with van der Waals surface area (Å²) in [5.74, 6) is 0. The molecule has 0 heterocycles. The fourth-order valence-corrected chi connectivity index (χ4v) is 4.17. The molecular formula is C26H56FN. The van der Waals surface area contributed by atoms with E-state index in [1.165, 1.54) is 146 Å². The average molecular weight is 402 g/mol. The Morgan fingerprint density at radius 2 is 0.571 bits per heavy atom. The predicted molar refractivity (Wildman–Crippen MR) is 126 cm³/mol. The number of unbranched alkanes of at least 4 members (excludes halogenated alkanes) is 18. The molecule has 0 unspecified atom stereocenters. The van der Waals surface area contributed by atoms with Crippen LogP contribution < -0.4 is 4.70 Å². The van der Waals surface area contributed by atoms with Crippen LogP contribution in [0.15, 0.2) is 0 Å². The van der Waals surface area contributed by atoms with Gasteiger partial charge in [0.1, 0.15) is 0 Å². The van der Waals surface area contributed by atoms with Crippen LogP contribution in [0.3, 0.4) is 0 Å². The first-order valence-corrected chi connectivity index (χ1v) is 12.9. The summed E-state index contributed by atoms with van der Waals surface area (Å²) in [5, 5.41) is 0. The van der Waals surface area contributed by atoms with Crippen molar-refractivity contribution in [2.24, 2.45) is 0 Å². The number of rotatable bonds is 22. The molecule has 0 fully saturated rings. The molecule has 0 aliphatic heterocycles. The van der Waals surface area contributed by atoms with Crippen molar-refractivity contribution in [2.75, 3.05) is 27.2 Å². The number of halogens is 1. The fourth-order valence-electron chi connectivity index (χ4n) is 4.17. The summed E-state index contributed by atoms with van der Waals surface area (Å²) < 4.78 is 1.24. The second-order valence-corrected chi connectivity index (χ2v) is 9.75. The second kappa shape index (κ2) is 23.2. The van der Waals surface area contributed by atoms with E-state index in [9.17, 15) is 0 Å². The first-order chi connectivity index (χ1) is 13.1. The lowest BCUT2D eigenvalue weighted by atomic mass is 10.1. The lowest BCUT2D eigenvalue weighted by molar-refractivity contribution is -0.890. The molecule has 0 saturated heterocycles. The zero-order valence-electron chi connectivity index (χ0n) is 20.4. The van der Waals surface area contributed by atoms with E-state index < -0.39 is 0 Å². The van der Waals surface area contributed by atoms with Crippen LogP contribution in [0.1, 0.15) is 142 Å². The van der Waals surface area contributed by atoms with E-state index in [2.05, 4.69) is 27.9 Å². The maximum Gasteiger partial charge on any atom is 0.0782 e. The molecule has 0 saturated carbocycles. The van der Waals surface area contributed by atoms with E-state index in [1.54, 1.807) is 0 Å². The third-order valence-corrected chi connectivity index (χ3v) is 6.23. The Morgan fingerprint density at radius 3 is 0.821 bits per heavy atom. The van der Waals surface area contributed by atoms with Crippen molar-refractivity contribution in [1.82, 2.24) is 0 Å². The molecule has 172 valence electrons. The lowest BCUT2D eigenvalue weighted by Crippen LogP contribution is -3.00. The number of quaternary nitrogens is 1. The minimum atomic E-state index is 0. The highest BCUT2D eigenvalue weighted by Crippen LogP contribution is 2.14. The Bertz CT molecular complexity index is 252. The summed E-state index contributed by atoms with van der Waals surface area (Å²) in [7, 11) is 4.89. The van der Waals surface area contributed by atoms with Crippen molar-refractivity contribution in [1.29, 1.82) is 0 Å². The first kappa shape index (κ1) is 30.1. The third kappa shape index (κ3) is 23.9. The molecule has 0 aromatic rings. The Kier molecular flexibility index (Phi) is 24.9. The van der Waals surface area contributed by atoms with E-state index in [0.717, 1.165) is 0 Å². The Labute approximate surface area is 179 Å².